The summed E-state index contributed by atoms with van der Waals surface area (Å²) in [6, 6.07) is 2.92. The summed E-state index contributed by atoms with van der Waals surface area (Å²) in [5.74, 6) is -0.219. The highest BCUT2D eigenvalue weighted by molar-refractivity contribution is 14.1. The van der Waals surface area contributed by atoms with Gasteiger partial charge in [-0.1, -0.05) is 11.6 Å². The molecule has 1 rings (SSSR count). The Labute approximate surface area is 118 Å². The van der Waals surface area contributed by atoms with E-state index in [1.54, 1.807) is 22.6 Å². The molecule has 96 valence electrons. The van der Waals surface area contributed by atoms with Crippen LogP contribution in [-0.2, 0) is 20.0 Å². The van der Waals surface area contributed by atoms with E-state index in [2.05, 4.69) is 4.98 Å². The van der Waals surface area contributed by atoms with Crippen molar-refractivity contribution in [1.29, 1.82) is 0 Å². The van der Waals surface area contributed by atoms with Crippen LogP contribution in [0.4, 0.5) is 5.82 Å². The van der Waals surface area contributed by atoms with E-state index in [1.165, 1.54) is 12.1 Å². The Bertz CT molecular complexity index is 612. The molecule has 1 aromatic rings. The third-order valence-corrected chi connectivity index (χ3v) is 5.80. The maximum absolute atomic E-state index is 11.5. The van der Waals surface area contributed by atoms with Gasteiger partial charge in [0.05, 0.1) is 16.1 Å². The van der Waals surface area contributed by atoms with Crippen LogP contribution in [-0.4, -0.2) is 34.3 Å². The second kappa shape index (κ2) is 4.86. The van der Waals surface area contributed by atoms with Crippen molar-refractivity contribution in [2.45, 2.75) is 0 Å². The molecular weight excluding hydrogens is 403 g/mol. The molecule has 0 N–H and O–H groups in total. The number of nitrogens with zero attached hydrogens (tertiary/aromatic N) is 2. The van der Waals surface area contributed by atoms with Crippen LogP contribution < -0.4 is 3.71 Å². The molecule has 0 unspecified atom stereocenters. The number of hydrogen-bond donors (Lipinski definition) is 0. The van der Waals surface area contributed by atoms with Gasteiger partial charge in [0.1, 0.15) is 5.15 Å². The maximum Gasteiger partial charge on any atom is 0.246 e. The first-order valence-corrected chi connectivity index (χ1v) is 9.21. The Balaban J connectivity index is 3.61. The summed E-state index contributed by atoms with van der Waals surface area (Å²) in [4.78, 5) is 3.73. The molecule has 0 aliphatic carbocycles. The Kier molecular flexibility index (Phi) is 4.27. The van der Waals surface area contributed by atoms with E-state index in [4.69, 9.17) is 11.6 Å². The molecule has 0 aromatic carbocycles. The van der Waals surface area contributed by atoms with E-state index in [-0.39, 0.29) is 14.7 Å². The van der Waals surface area contributed by atoms with Crippen LogP contribution in [0.2, 0.25) is 5.15 Å². The highest BCUT2D eigenvalue weighted by atomic mass is 127. The van der Waals surface area contributed by atoms with E-state index in [9.17, 15) is 16.8 Å². The topological polar surface area (TPSA) is 84.4 Å². The van der Waals surface area contributed by atoms with Crippen LogP contribution in [0.15, 0.2) is 12.1 Å². The molecule has 17 heavy (non-hydrogen) atoms. The molecule has 0 amide bonds. The average molecular weight is 411 g/mol. The molecule has 1 aromatic heterocycles. The van der Waals surface area contributed by atoms with Crippen LogP contribution >= 0.6 is 34.2 Å². The maximum atomic E-state index is 11.5. The molecule has 0 bridgehead atoms. The molecule has 0 aliphatic rings. The van der Waals surface area contributed by atoms with Gasteiger partial charge in [0.25, 0.3) is 0 Å². The van der Waals surface area contributed by atoms with E-state index >= 15 is 0 Å². The summed E-state index contributed by atoms with van der Waals surface area (Å²) >= 11 is 7.41. The lowest BCUT2D eigenvalue weighted by atomic mass is 10.5. The second-order valence-electron chi connectivity index (χ2n) is 3.16. The molecule has 10 heteroatoms. The Morgan fingerprint density at radius 1 is 1.18 bits per heavy atom. The summed E-state index contributed by atoms with van der Waals surface area (Å²) < 4.78 is 46.6. The lowest BCUT2D eigenvalue weighted by molar-refractivity contribution is 0.590. The minimum Gasteiger partial charge on any atom is -0.216 e. The standard InChI is InChI=1S/C7H8ClIN2O4S2/c1-16(12,13)11(17(2,14)15)7-5(9)3-4-6(8)10-7/h3-4H,1-2H3. The molecule has 0 fully saturated rings. The number of pyridine rings is 1. The van der Waals surface area contributed by atoms with Gasteiger partial charge in [0, 0.05) is 0 Å². The highest BCUT2D eigenvalue weighted by Gasteiger charge is 2.30. The zero-order chi connectivity index (χ0) is 13.4. The van der Waals surface area contributed by atoms with Gasteiger partial charge in [0.2, 0.25) is 20.0 Å². The van der Waals surface area contributed by atoms with Crippen molar-refractivity contribution in [2.24, 2.45) is 0 Å². The number of rotatable bonds is 3. The average Bonchev–Trinajstić information content (AvgIpc) is 2.06. The minimum absolute atomic E-state index is 0.0118. The fraction of sp³-hybridized carbons (Fsp3) is 0.286. The van der Waals surface area contributed by atoms with Crippen molar-refractivity contribution >= 4 is 60.1 Å². The molecule has 0 atom stereocenters. The fourth-order valence-electron chi connectivity index (χ4n) is 1.10. The number of sulfonamides is 2. The van der Waals surface area contributed by atoms with Gasteiger partial charge in [-0.3, -0.25) is 0 Å². The fourth-order valence-corrected chi connectivity index (χ4v) is 4.98. The Hall–Kier alpha value is -0.130. The van der Waals surface area contributed by atoms with Crippen molar-refractivity contribution in [3.63, 3.8) is 0 Å². The predicted octanol–water partition coefficient (Wildman–Crippen LogP) is 1.07. The third-order valence-electron chi connectivity index (χ3n) is 1.57. The monoisotopic (exact) mass is 410 g/mol. The van der Waals surface area contributed by atoms with Gasteiger partial charge in [-0.15, -0.1) is 3.71 Å². The van der Waals surface area contributed by atoms with Gasteiger partial charge >= 0.3 is 0 Å². The van der Waals surface area contributed by atoms with Crippen LogP contribution in [0.25, 0.3) is 0 Å². The zero-order valence-corrected chi connectivity index (χ0v) is 13.3. The molecule has 1 heterocycles. The first-order chi connectivity index (χ1) is 7.53. The van der Waals surface area contributed by atoms with Crippen LogP contribution in [0.1, 0.15) is 0 Å². The van der Waals surface area contributed by atoms with Crippen LogP contribution in [0.5, 0.6) is 0 Å². The highest BCUT2D eigenvalue weighted by Crippen LogP contribution is 2.26. The lowest BCUT2D eigenvalue weighted by Crippen LogP contribution is -2.36. The molecule has 0 aliphatic heterocycles. The van der Waals surface area contributed by atoms with Crippen molar-refractivity contribution in [1.82, 2.24) is 4.98 Å². The van der Waals surface area contributed by atoms with Gasteiger partial charge in [-0.05, 0) is 34.7 Å². The van der Waals surface area contributed by atoms with Crippen LogP contribution in [0, 0.1) is 3.57 Å². The summed E-state index contributed by atoms with van der Waals surface area (Å²) in [5.41, 5.74) is 0. The second-order valence-corrected chi connectivity index (χ2v) is 8.61. The van der Waals surface area contributed by atoms with Gasteiger partial charge in [-0.2, -0.15) is 0 Å². The summed E-state index contributed by atoms with van der Waals surface area (Å²) in [5, 5.41) is 0.0118. The largest absolute Gasteiger partial charge is 0.246 e. The quantitative estimate of drug-likeness (QED) is 0.550. The molecule has 0 saturated carbocycles. The van der Waals surface area contributed by atoms with Crippen molar-refractivity contribution in [2.75, 3.05) is 16.2 Å². The van der Waals surface area contributed by atoms with Crippen LogP contribution in [0.3, 0.4) is 0 Å². The smallest absolute Gasteiger partial charge is 0.216 e. The third kappa shape index (κ3) is 3.66. The molecule has 6 nitrogen and oxygen atoms in total. The van der Waals surface area contributed by atoms with Crippen molar-refractivity contribution < 1.29 is 16.8 Å². The summed E-state index contributed by atoms with van der Waals surface area (Å²) in [7, 11) is -7.99. The minimum atomic E-state index is -4.00. The van der Waals surface area contributed by atoms with Crippen molar-refractivity contribution in [3.8, 4) is 0 Å². The Morgan fingerprint density at radius 3 is 2.06 bits per heavy atom. The first-order valence-electron chi connectivity index (χ1n) is 4.06. The summed E-state index contributed by atoms with van der Waals surface area (Å²) in [6.07, 6.45) is 1.57. The SMILES string of the molecule is CS(=O)(=O)N(c1nc(Cl)ccc1I)S(C)(=O)=O. The molecule has 0 saturated heterocycles. The number of anilines is 1. The number of hydrogen-bond acceptors (Lipinski definition) is 5. The molecular formula is C7H8ClIN2O4S2. The van der Waals surface area contributed by atoms with Gasteiger partial charge in [0.15, 0.2) is 5.82 Å². The van der Waals surface area contributed by atoms with E-state index < -0.39 is 20.0 Å². The zero-order valence-electron chi connectivity index (χ0n) is 8.75. The van der Waals surface area contributed by atoms with Gasteiger partial charge < -0.3 is 0 Å². The van der Waals surface area contributed by atoms with E-state index in [0.29, 0.717) is 3.57 Å². The number of halogens is 2. The first kappa shape index (κ1) is 14.9. The molecule has 0 spiro atoms. The molecule has 0 radical (unpaired) electrons. The van der Waals surface area contributed by atoms with E-state index in [0.717, 1.165) is 12.5 Å². The van der Waals surface area contributed by atoms with Crippen molar-refractivity contribution in [3.05, 3.63) is 20.9 Å². The predicted molar refractivity (Wildman–Crippen MR) is 74.1 cm³/mol. The van der Waals surface area contributed by atoms with Gasteiger partial charge in [-0.25, -0.2) is 21.8 Å². The normalized spacial score (nSPS) is 12.5. The lowest BCUT2D eigenvalue weighted by Gasteiger charge is -2.19. The number of aromatic nitrogens is 1. The Morgan fingerprint density at radius 2 is 1.65 bits per heavy atom. The summed E-state index contributed by atoms with van der Waals surface area (Å²) in [6.45, 7) is 0. The van der Waals surface area contributed by atoms with E-state index in [1.807, 2.05) is 0 Å².